The van der Waals surface area contributed by atoms with E-state index in [1.54, 1.807) is 0 Å². The number of nitrogens with zero attached hydrogens (tertiary/aromatic N) is 1. The van der Waals surface area contributed by atoms with Gasteiger partial charge >= 0.3 is 5.97 Å². The molecule has 1 saturated heterocycles. The molecule has 1 fully saturated rings. The Morgan fingerprint density at radius 3 is 2.83 bits per heavy atom. The van der Waals surface area contributed by atoms with Gasteiger partial charge in [-0.2, -0.15) is 0 Å². The highest BCUT2D eigenvalue weighted by Gasteiger charge is 2.26. The van der Waals surface area contributed by atoms with Gasteiger partial charge in [-0.25, -0.2) is 0 Å². The highest BCUT2D eigenvalue weighted by Crippen LogP contribution is 2.27. The second-order valence-corrected chi connectivity index (χ2v) is 6.32. The average molecular weight is 377 g/mol. The third-order valence-corrected chi connectivity index (χ3v) is 5.16. The molecule has 18 heavy (non-hydrogen) atoms. The van der Waals surface area contributed by atoms with E-state index in [4.69, 9.17) is 5.11 Å². The third kappa shape index (κ3) is 3.56. The zero-order valence-electron chi connectivity index (χ0n) is 9.90. The summed E-state index contributed by atoms with van der Waals surface area (Å²) in [6, 6.07) is 6.36. The lowest BCUT2D eigenvalue weighted by atomic mass is 10.1. The van der Waals surface area contributed by atoms with Crippen LogP contribution in [0.3, 0.4) is 0 Å². The molecule has 0 saturated carbocycles. The quantitative estimate of drug-likeness (QED) is 0.871. The Balaban J connectivity index is 2.03. The Labute approximate surface area is 123 Å². The number of carboxylic acids is 1. The number of benzene rings is 1. The molecule has 1 aliphatic heterocycles. The first kappa shape index (κ1) is 14.0. The number of halogens is 2. The van der Waals surface area contributed by atoms with Crippen LogP contribution in [0.2, 0.25) is 0 Å². The Kier molecular flexibility index (Phi) is 4.81. The van der Waals surface area contributed by atoms with Gasteiger partial charge in [0, 0.05) is 21.5 Å². The lowest BCUT2D eigenvalue weighted by Gasteiger charge is -2.23. The van der Waals surface area contributed by atoms with E-state index in [-0.39, 0.29) is 12.5 Å². The summed E-state index contributed by atoms with van der Waals surface area (Å²) in [5, 5.41) is 8.90. The predicted octanol–water partition coefficient (Wildman–Crippen LogP) is 3.65. The molecule has 98 valence electrons. The number of rotatable bonds is 4. The van der Waals surface area contributed by atoms with Crippen LogP contribution < -0.4 is 0 Å². The van der Waals surface area contributed by atoms with E-state index in [1.807, 2.05) is 6.07 Å². The molecule has 0 spiro atoms. The molecule has 1 heterocycles. The van der Waals surface area contributed by atoms with Crippen LogP contribution in [0.1, 0.15) is 24.8 Å². The summed E-state index contributed by atoms with van der Waals surface area (Å²) in [4.78, 5) is 13.1. The van der Waals surface area contributed by atoms with Crippen molar-refractivity contribution in [3.63, 3.8) is 0 Å². The Morgan fingerprint density at radius 1 is 1.39 bits per heavy atom. The predicted molar refractivity (Wildman–Crippen MR) is 77.5 cm³/mol. The lowest BCUT2D eigenvalue weighted by molar-refractivity contribution is -0.138. The molecule has 1 aromatic carbocycles. The number of carbonyl (C=O) groups is 1. The number of aliphatic carboxylic acids is 1. The van der Waals surface area contributed by atoms with E-state index in [2.05, 4.69) is 48.9 Å². The smallest absolute Gasteiger partial charge is 0.304 e. The van der Waals surface area contributed by atoms with Crippen LogP contribution in [0.5, 0.6) is 0 Å². The van der Waals surface area contributed by atoms with Crippen molar-refractivity contribution >= 4 is 37.8 Å². The first-order valence-corrected chi connectivity index (χ1v) is 7.54. The van der Waals surface area contributed by atoms with Crippen LogP contribution in [0.25, 0.3) is 0 Å². The second kappa shape index (κ2) is 6.17. The fourth-order valence-corrected chi connectivity index (χ4v) is 3.08. The van der Waals surface area contributed by atoms with E-state index >= 15 is 0 Å². The minimum atomic E-state index is -0.705. The molecule has 2 rings (SSSR count). The van der Waals surface area contributed by atoms with Crippen molar-refractivity contribution < 1.29 is 9.90 Å². The second-order valence-electron chi connectivity index (χ2n) is 4.61. The van der Waals surface area contributed by atoms with Crippen molar-refractivity contribution in [1.82, 2.24) is 4.90 Å². The summed E-state index contributed by atoms with van der Waals surface area (Å²) < 4.78 is 2.07. The van der Waals surface area contributed by atoms with Crippen LogP contribution in [0, 0.1) is 0 Å². The standard InChI is InChI=1S/C13H15Br2NO2/c14-11-4-3-9(6-12(11)15)8-16-5-1-2-10(16)7-13(17)18/h3-4,6,10H,1-2,5,7-8H2,(H,17,18). The van der Waals surface area contributed by atoms with Crippen LogP contribution in [-0.2, 0) is 11.3 Å². The highest BCUT2D eigenvalue weighted by atomic mass is 79.9. The van der Waals surface area contributed by atoms with Crippen LogP contribution in [0.4, 0.5) is 0 Å². The van der Waals surface area contributed by atoms with Crippen molar-refractivity contribution in [1.29, 1.82) is 0 Å². The summed E-state index contributed by atoms with van der Waals surface area (Å²) in [5.74, 6) is -0.705. The number of carboxylic acid groups (broad SMARTS) is 1. The van der Waals surface area contributed by atoms with Crippen molar-refractivity contribution in [2.45, 2.75) is 31.8 Å². The van der Waals surface area contributed by atoms with Gasteiger partial charge in [0.2, 0.25) is 0 Å². The minimum absolute atomic E-state index is 0.185. The van der Waals surface area contributed by atoms with Gasteiger partial charge in [0.1, 0.15) is 0 Å². The summed E-state index contributed by atoms with van der Waals surface area (Å²) in [6.07, 6.45) is 2.33. The van der Waals surface area contributed by atoms with Gasteiger partial charge < -0.3 is 5.11 Å². The van der Waals surface area contributed by atoms with Gasteiger partial charge in [-0.1, -0.05) is 6.07 Å². The maximum atomic E-state index is 10.8. The largest absolute Gasteiger partial charge is 0.481 e. The number of hydrogen-bond acceptors (Lipinski definition) is 2. The molecule has 1 aromatic rings. The SMILES string of the molecule is O=C(O)CC1CCCN1Cc1ccc(Br)c(Br)c1. The topological polar surface area (TPSA) is 40.5 Å². The number of likely N-dealkylation sites (tertiary alicyclic amines) is 1. The molecule has 1 N–H and O–H groups in total. The zero-order chi connectivity index (χ0) is 13.1. The van der Waals surface area contributed by atoms with Crippen molar-refractivity contribution in [3.8, 4) is 0 Å². The van der Waals surface area contributed by atoms with Gasteiger partial charge in [0.05, 0.1) is 6.42 Å². The minimum Gasteiger partial charge on any atom is -0.481 e. The van der Waals surface area contributed by atoms with Crippen LogP contribution in [-0.4, -0.2) is 28.6 Å². The molecule has 0 bridgehead atoms. The molecule has 0 aliphatic carbocycles. The molecule has 1 aliphatic rings. The van der Waals surface area contributed by atoms with Crippen LogP contribution in [0.15, 0.2) is 27.1 Å². The maximum Gasteiger partial charge on any atom is 0.304 e. The highest BCUT2D eigenvalue weighted by molar-refractivity contribution is 9.13. The molecule has 0 amide bonds. The molecule has 0 aromatic heterocycles. The molecule has 5 heteroatoms. The molecular weight excluding hydrogens is 362 g/mol. The van der Waals surface area contributed by atoms with Crippen molar-refractivity contribution in [2.75, 3.05) is 6.54 Å². The Hall–Kier alpha value is -0.390. The summed E-state index contributed by atoms with van der Waals surface area (Å²) >= 11 is 6.94. The molecule has 3 nitrogen and oxygen atoms in total. The third-order valence-electron chi connectivity index (χ3n) is 3.28. The first-order valence-electron chi connectivity index (χ1n) is 5.96. The van der Waals surface area contributed by atoms with Crippen LogP contribution >= 0.6 is 31.9 Å². The van der Waals surface area contributed by atoms with Gasteiger partial charge in [-0.05, 0) is 68.9 Å². The zero-order valence-corrected chi connectivity index (χ0v) is 13.1. The average Bonchev–Trinajstić information content (AvgIpc) is 2.70. The van der Waals surface area contributed by atoms with Crippen molar-refractivity contribution in [2.24, 2.45) is 0 Å². The van der Waals surface area contributed by atoms with Gasteiger partial charge in [-0.15, -0.1) is 0 Å². The monoisotopic (exact) mass is 375 g/mol. The fourth-order valence-electron chi connectivity index (χ4n) is 2.41. The Bertz CT molecular complexity index is 451. The van der Waals surface area contributed by atoms with E-state index in [9.17, 15) is 4.79 Å². The molecule has 0 radical (unpaired) electrons. The first-order chi connectivity index (χ1) is 8.56. The summed E-state index contributed by atoms with van der Waals surface area (Å²) in [6.45, 7) is 1.81. The normalized spacial score (nSPS) is 20.2. The summed E-state index contributed by atoms with van der Waals surface area (Å²) in [5.41, 5.74) is 1.21. The van der Waals surface area contributed by atoms with Gasteiger partial charge in [0.15, 0.2) is 0 Å². The lowest BCUT2D eigenvalue weighted by Crippen LogP contribution is -2.30. The maximum absolute atomic E-state index is 10.8. The number of hydrogen-bond donors (Lipinski definition) is 1. The molecule has 1 atom stereocenters. The molecule has 1 unspecified atom stereocenters. The molecular formula is C13H15Br2NO2. The summed E-state index contributed by atoms with van der Waals surface area (Å²) in [7, 11) is 0. The van der Waals surface area contributed by atoms with Crippen molar-refractivity contribution in [3.05, 3.63) is 32.7 Å². The van der Waals surface area contributed by atoms with Gasteiger partial charge in [0.25, 0.3) is 0 Å². The van der Waals surface area contributed by atoms with E-state index in [1.165, 1.54) is 5.56 Å². The fraction of sp³-hybridized carbons (Fsp3) is 0.462. The Morgan fingerprint density at radius 2 is 2.17 bits per heavy atom. The van der Waals surface area contributed by atoms with E-state index in [0.717, 1.165) is 34.9 Å². The van der Waals surface area contributed by atoms with E-state index < -0.39 is 5.97 Å². The van der Waals surface area contributed by atoms with E-state index in [0.29, 0.717) is 0 Å². The van der Waals surface area contributed by atoms with Gasteiger partial charge in [-0.3, -0.25) is 9.69 Å².